The number of carbonyl (C=O) groups excluding carboxylic acids is 2. The molecule has 0 aliphatic carbocycles. The van der Waals surface area contributed by atoms with Crippen LogP contribution >= 0.6 is 0 Å². The summed E-state index contributed by atoms with van der Waals surface area (Å²) < 4.78 is 0. The average Bonchev–Trinajstić information content (AvgIpc) is 2.73. The van der Waals surface area contributed by atoms with Gasteiger partial charge in [-0.2, -0.15) is 5.10 Å². The zero-order chi connectivity index (χ0) is 19.8. The number of hydrogen-bond acceptors (Lipinski definition) is 4. The van der Waals surface area contributed by atoms with E-state index in [0.717, 1.165) is 16.8 Å². The highest BCUT2D eigenvalue weighted by molar-refractivity contribution is 6.07. The van der Waals surface area contributed by atoms with E-state index >= 15 is 0 Å². The van der Waals surface area contributed by atoms with Crippen LogP contribution in [0.4, 0.5) is 5.69 Å². The normalized spacial score (nSPS) is 11.0. The summed E-state index contributed by atoms with van der Waals surface area (Å²) >= 11 is 0. The summed E-state index contributed by atoms with van der Waals surface area (Å²) in [4.78, 5) is 28.3. The first-order chi connectivity index (χ1) is 13.6. The van der Waals surface area contributed by atoms with Gasteiger partial charge in [-0.05, 0) is 30.7 Å². The van der Waals surface area contributed by atoms with Gasteiger partial charge in [0.25, 0.3) is 5.91 Å². The number of hydrogen-bond donors (Lipinski definition) is 2. The maximum absolute atomic E-state index is 12.4. The number of nitrogens with zero attached hydrogens (tertiary/aromatic N) is 2. The molecule has 0 radical (unpaired) electrons. The van der Waals surface area contributed by atoms with E-state index in [4.69, 9.17) is 0 Å². The van der Waals surface area contributed by atoms with Crippen LogP contribution in [0.5, 0.6) is 0 Å². The van der Waals surface area contributed by atoms with E-state index in [2.05, 4.69) is 20.8 Å². The second kappa shape index (κ2) is 9.23. The summed E-state index contributed by atoms with van der Waals surface area (Å²) in [5.41, 5.74) is 6.02. The quantitative estimate of drug-likeness (QED) is 0.509. The highest BCUT2D eigenvalue weighted by Gasteiger charge is 2.10. The highest BCUT2D eigenvalue weighted by Crippen LogP contribution is 2.27. The molecule has 3 rings (SSSR count). The fraction of sp³-hybridized carbons (Fsp3) is 0.0909. The van der Waals surface area contributed by atoms with E-state index in [0.29, 0.717) is 11.3 Å². The zero-order valence-electron chi connectivity index (χ0n) is 15.4. The molecule has 140 valence electrons. The molecular formula is C22H20N4O2. The Morgan fingerprint density at radius 1 is 0.964 bits per heavy atom. The van der Waals surface area contributed by atoms with Crippen molar-refractivity contribution in [2.45, 2.75) is 13.3 Å². The van der Waals surface area contributed by atoms with Crippen molar-refractivity contribution >= 4 is 23.2 Å². The summed E-state index contributed by atoms with van der Waals surface area (Å²) in [6, 6.07) is 20.8. The predicted octanol–water partition coefficient (Wildman–Crippen LogP) is 3.88. The third-order valence-corrected chi connectivity index (χ3v) is 3.97. The molecule has 1 heterocycles. The third kappa shape index (κ3) is 5.11. The van der Waals surface area contributed by atoms with Crippen LogP contribution < -0.4 is 10.7 Å². The number of aromatic nitrogens is 1. The van der Waals surface area contributed by atoms with E-state index < -0.39 is 0 Å². The van der Waals surface area contributed by atoms with E-state index in [1.54, 1.807) is 25.3 Å². The Balaban J connectivity index is 1.62. The molecule has 2 amide bonds. The third-order valence-electron chi connectivity index (χ3n) is 3.97. The average molecular weight is 372 g/mol. The van der Waals surface area contributed by atoms with Gasteiger partial charge in [-0.25, -0.2) is 5.43 Å². The van der Waals surface area contributed by atoms with Gasteiger partial charge in [-0.3, -0.25) is 14.6 Å². The minimum absolute atomic E-state index is 0.0659. The van der Waals surface area contributed by atoms with E-state index in [1.165, 1.54) is 6.20 Å². The van der Waals surface area contributed by atoms with E-state index in [9.17, 15) is 9.59 Å². The summed E-state index contributed by atoms with van der Waals surface area (Å²) in [5, 5.41) is 6.91. The molecule has 0 fully saturated rings. The first-order valence-electron chi connectivity index (χ1n) is 8.81. The number of hydrazone groups is 1. The van der Waals surface area contributed by atoms with Gasteiger partial charge in [0, 0.05) is 29.4 Å². The predicted molar refractivity (Wildman–Crippen MR) is 110 cm³/mol. The molecular weight excluding hydrogens is 352 g/mol. The molecule has 2 N–H and O–H groups in total. The molecule has 0 saturated carbocycles. The van der Waals surface area contributed by atoms with E-state index in [-0.39, 0.29) is 18.2 Å². The lowest BCUT2D eigenvalue weighted by molar-refractivity contribution is -0.115. The number of amides is 2. The summed E-state index contributed by atoms with van der Waals surface area (Å²) in [5.74, 6) is -0.581. The molecule has 0 aliphatic rings. The van der Waals surface area contributed by atoms with Crippen molar-refractivity contribution in [3.63, 3.8) is 0 Å². The van der Waals surface area contributed by atoms with Crippen LogP contribution in [0, 0.1) is 0 Å². The molecule has 28 heavy (non-hydrogen) atoms. The minimum atomic E-state index is -0.373. The van der Waals surface area contributed by atoms with Gasteiger partial charge in [0.15, 0.2) is 0 Å². The van der Waals surface area contributed by atoms with Crippen molar-refractivity contribution in [2.24, 2.45) is 5.10 Å². The lowest BCUT2D eigenvalue weighted by Crippen LogP contribution is -2.21. The fourth-order valence-corrected chi connectivity index (χ4v) is 2.64. The highest BCUT2D eigenvalue weighted by atomic mass is 16.2. The van der Waals surface area contributed by atoms with Gasteiger partial charge in [-0.15, -0.1) is 0 Å². The number of carbonyl (C=O) groups is 2. The summed E-state index contributed by atoms with van der Waals surface area (Å²) in [7, 11) is 0. The van der Waals surface area contributed by atoms with Crippen LogP contribution in [0.15, 0.2) is 84.2 Å². The summed E-state index contributed by atoms with van der Waals surface area (Å²) in [6.45, 7) is 1.69. The van der Waals surface area contributed by atoms with Crippen molar-refractivity contribution in [3.05, 3.63) is 84.7 Å². The van der Waals surface area contributed by atoms with Gasteiger partial charge in [0.2, 0.25) is 5.91 Å². The number of pyridine rings is 1. The molecule has 0 unspecified atom stereocenters. The SMILES string of the molecule is CC(CC(=O)Nc1ccccc1-c1ccccc1)=NNC(=O)c1cccnc1. The van der Waals surface area contributed by atoms with Gasteiger partial charge < -0.3 is 5.32 Å². The van der Waals surface area contributed by atoms with Gasteiger partial charge >= 0.3 is 0 Å². The van der Waals surface area contributed by atoms with Crippen LogP contribution in [0.2, 0.25) is 0 Å². The topological polar surface area (TPSA) is 83.5 Å². The smallest absolute Gasteiger partial charge is 0.272 e. The number of benzene rings is 2. The number of rotatable bonds is 6. The second-order valence-electron chi connectivity index (χ2n) is 6.17. The molecule has 0 atom stereocenters. The van der Waals surface area contributed by atoms with Crippen molar-refractivity contribution in [2.75, 3.05) is 5.32 Å². The van der Waals surface area contributed by atoms with Crippen LogP contribution in [-0.2, 0) is 4.79 Å². The largest absolute Gasteiger partial charge is 0.325 e. The maximum atomic E-state index is 12.4. The van der Waals surface area contributed by atoms with Crippen molar-refractivity contribution in [1.82, 2.24) is 10.4 Å². The number of anilines is 1. The molecule has 6 heteroatoms. The standard InChI is InChI=1S/C22H20N4O2/c1-16(25-26-22(28)18-10-7-13-23-15-18)14-21(27)24-20-12-6-5-11-19(20)17-8-3-2-4-9-17/h2-13,15H,14H2,1H3,(H,24,27)(H,26,28). The zero-order valence-corrected chi connectivity index (χ0v) is 15.4. The van der Waals surface area contributed by atoms with E-state index in [1.807, 2.05) is 54.6 Å². The Hall–Kier alpha value is -3.80. The lowest BCUT2D eigenvalue weighted by atomic mass is 10.0. The summed E-state index contributed by atoms with van der Waals surface area (Å²) in [6.07, 6.45) is 3.10. The molecule has 2 aromatic carbocycles. The first-order valence-corrected chi connectivity index (χ1v) is 8.81. The molecule has 1 aromatic heterocycles. The molecule has 0 saturated heterocycles. The number of para-hydroxylation sites is 1. The van der Waals surface area contributed by atoms with Gasteiger partial charge in [0.1, 0.15) is 0 Å². The Bertz CT molecular complexity index is 986. The van der Waals surface area contributed by atoms with Gasteiger partial charge in [-0.1, -0.05) is 48.5 Å². The molecule has 0 bridgehead atoms. The fourth-order valence-electron chi connectivity index (χ4n) is 2.64. The second-order valence-corrected chi connectivity index (χ2v) is 6.17. The maximum Gasteiger partial charge on any atom is 0.272 e. The van der Waals surface area contributed by atoms with Crippen LogP contribution in [0.25, 0.3) is 11.1 Å². The number of nitrogens with one attached hydrogen (secondary N) is 2. The monoisotopic (exact) mass is 372 g/mol. The van der Waals surface area contributed by atoms with Crippen LogP contribution in [0.1, 0.15) is 23.7 Å². The molecule has 0 aliphatic heterocycles. The first kappa shape index (κ1) is 19.0. The Kier molecular flexibility index (Phi) is 6.25. The Labute approximate surface area is 163 Å². The molecule has 6 nitrogen and oxygen atoms in total. The molecule has 3 aromatic rings. The van der Waals surface area contributed by atoms with Crippen LogP contribution in [0.3, 0.4) is 0 Å². The van der Waals surface area contributed by atoms with Crippen molar-refractivity contribution in [3.8, 4) is 11.1 Å². The van der Waals surface area contributed by atoms with Crippen LogP contribution in [-0.4, -0.2) is 22.5 Å². The van der Waals surface area contributed by atoms with Crippen molar-refractivity contribution in [1.29, 1.82) is 0 Å². The van der Waals surface area contributed by atoms with Crippen molar-refractivity contribution < 1.29 is 9.59 Å². The Morgan fingerprint density at radius 3 is 2.46 bits per heavy atom. The molecule has 0 spiro atoms. The Morgan fingerprint density at radius 2 is 1.71 bits per heavy atom. The minimum Gasteiger partial charge on any atom is -0.325 e. The lowest BCUT2D eigenvalue weighted by Gasteiger charge is -2.11. The van der Waals surface area contributed by atoms with Gasteiger partial charge in [0.05, 0.1) is 12.0 Å².